The van der Waals surface area contributed by atoms with E-state index in [4.69, 9.17) is 11.6 Å². The first-order valence-corrected chi connectivity index (χ1v) is 7.49. The third-order valence-electron chi connectivity index (χ3n) is 3.82. The predicted molar refractivity (Wildman–Crippen MR) is 77.0 cm³/mol. The Hall–Kier alpha value is -1.03. The molecule has 1 aliphatic rings. The summed E-state index contributed by atoms with van der Waals surface area (Å²) in [4.78, 5) is 27.1. The van der Waals surface area contributed by atoms with E-state index in [0.717, 1.165) is 19.3 Å². The van der Waals surface area contributed by atoms with Gasteiger partial charge in [-0.25, -0.2) is 4.79 Å². The Kier molecular flexibility index (Phi) is 4.50. The Morgan fingerprint density at radius 1 is 1.37 bits per heavy atom. The van der Waals surface area contributed by atoms with E-state index in [2.05, 4.69) is 4.98 Å². The Labute approximate surface area is 117 Å². The molecule has 0 bridgehead atoms. The van der Waals surface area contributed by atoms with Crippen molar-refractivity contribution in [2.75, 3.05) is 0 Å². The predicted octanol–water partition coefficient (Wildman–Crippen LogP) is 2.89. The summed E-state index contributed by atoms with van der Waals surface area (Å²) in [5.74, 6) is 0.682. The Morgan fingerprint density at radius 2 is 2.05 bits per heavy atom. The molecule has 1 aromatic heterocycles. The van der Waals surface area contributed by atoms with Crippen LogP contribution in [0.2, 0.25) is 5.15 Å². The largest absolute Gasteiger partial charge is 0.329 e. The molecular formula is C14H21ClN2O2. The molecule has 2 rings (SSSR count). The Balaban J connectivity index is 2.45. The van der Waals surface area contributed by atoms with Crippen LogP contribution in [0.1, 0.15) is 57.6 Å². The summed E-state index contributed by atoms with van der Waals surface area (Å²) in [6, 6.07) is -0.00313. The van der Waals surface area contributed by atoms with E-state index >= 15 is 0 Å². The zero-order chi connectivity index (χ0) is 14.0. The molecule has 1 atom stereocenters. The number of halogens is 1. The van der Waals surface area contributed by atoms with Gasteiger partial charge in [-0.3, -0.25) is 14.3 Å². The van der Waals surface area contributed by atoms with E-state index in [1.54, 1.807) is 0 Å². The number of rotatable bonds is 6. The molecule has 1 heterocycles. The molecule has 4 nitrogen and oxygen atoms in total. The molecule has 0 amide bonds. The van der Waals surface area contributed by atoms with Gasteiger partial charge in [-0.2, -0.15) is 0 Å². The van der Waals surface area contributed by atoms with Gasteiger partial charge < -0.3 is 0 Å². The van der Waals surface area contributed by atoms with E-state index in [1.165, 1.54) is 17.4 Å². The van der Waals surface area contributed by atoms with Gasteiger partial charge in [0.05, 0.1) is 5.56 Å². The molecule has 1 N–H and O–H groups in total. The second kappa shape index (κ2) is 5.95. The van der Waals surface area contributed by atoms with Crippen LogP contribution in [0.3, 0.4) is 0 Å². The molecule has 106 valence electrons. The molecule has 0 spiro atoms. The lowest BCUT2D eigenvalue weighted by atomic mass is 10.1. The average Bonchev–Trinajstić information content (AvgIpc) is 3.16. The highest BCUT2D eigenvalue weighted by molar-refractivity contribution is 6.30. The number of nitrogens with one attached hydrogen (secondary N) is 1. The summed E-state index contributed by atoms with van der Waals surface area (Å²) in [6.45, 7) is 4.01. The number of H-pyrrole nitrogens is 1. The zero-order valence-corrected chi connectivity index (χ0v) is 12.3. The topological polar surface area (TPSA) is 54.9 Å². The quantitative estimate of drug-likeness (QED) is 0.817. The van der Waals surface area contributed by atoms with E-state index in [1.807, 2.05) is 13.8 Å². The van der Waals surface area contributed by atoms with Crippen LogP contribution in [0.4, 0.5) is 0 Å². The molecule has 1 fully saturated rings. The first-order valence-electron chi connectivity index (χ1n) is 7.11. The van der Waals surface area contributed by atoms with Crippen LogP contribution in [0.25, 0.3) is 0 Å². The van der Waals surface area contributed by atoms with E-state index < -0.39 is 0 Å². The second-order valence-corrected chi connectivity index (χ2v) is 5.77. The highest BCUT2D eigenvalue weighted by atomic mass is 35.5. The SMILES string of the molecule is CCCc1c(Cl)[nH]c(=O)n(C(CC)CC2CC2)c1=O. The van der Waals surface area contributed by atoms with Gasteiger partial charge in [0.25, 0.3) is 5.56 Å². The molecule has 1 unspecified atom stereocenters. The fourth-order valence-electron chi connectivity index (χ4n) is 2.55. The summed E-state index contributed by atoms with van der Waals surface area (Å²) < 4.78 is 1.38. The fraction of sp³-hybridized carbons (Fsp3) is 0.714. The standard InChI is InChI=1S/C14H21ClN2O2/c1-3-5-11-12(15)16-14(19)17(13(11)18)10(4-2)8-9-6-7-9/h9-10H,3-8H2,1-2H3,(H,16,19). The minimum Gasteiger partial charge on any atom is -0.297 e. The molecular weight excluding hydrogens is 264 g/mol. The number of aromatic amines is 1. The molecule has 0 aliphatic heterocycles. The van der Waals surface area contributed by atoms with Crippen molar-refractivity contribution in [1.29, 1.82) is 0 Å². The lowest BCUT2D eigenvalue weighted by molar-refractivity contribution is 0.400. The Bertz CT molecular complexity index is 558. The van der Waals surface area contributed by atoms with Gasteiger partial charge in [0.2, 0.25) is 0 Å². The molecule has 1 saturated carbocycles. The highest BCUT2D eigenvalue weighted by Crippen LogP contribution is 2.37. The maximum atomic E-state index is 12.5. The number of hydrogen-bond donors (Lipinski definition) is 1. The summed E-state index contributed by atoms with van der Waals surface area (Å²) in [7, 11) is 0. The lowest BCUT2D eigenvalue weighted by Crippen LogP contribution is -2.40. The molecule has 1 aliphatic carbocycles. The maximum absolute atomic E-state index is 12.5. The average molecular weight is 285 g/mol. The Morgan fingerprint density at radius 3 is 2.58 bits per heavy atom. The zero-order valence-electron chi connectivity index (χ0n) is 11.5. The molecule has 5 heteroatoms. The van der Waals surface area contributed by atoms with Crippen LogP contribution in [0.5, 0.6) is 0 Å². The fourth-order valence-corrected chi connectivity index (χ4v) is 2.81. The first-order chi connectivity index (χ1) is 9.08. The van der Waals surface area contributed by atoms with Gasteiger partial charge in [-0.1, -0.05) is 44.7 Å². The third-order valence-corrected chi connectivity index (χ3v) is 4.14. The maximum Gasteiger partial charge on any atom is 0.329 e. The van der Waals surface area contributed by atoms with Crippen molar-refractivity contribution in [2.45, 2.75) is 58.4 Å². The smallest absolute Gasteiger partial charge is 0.297 e. The molecule has 1 aromatic rings. The van der Waals surface area contributed by atoms with Crippen molar-refractivity contribution in [3.05, 3.63) is 31.6 Å². The van der Waals surface area contributed by atoms with Gasteiger partial charge in [0, 0.05) is 6.04 Å². The molecule has 0 aromatic carbocycles. The normalized spacial score (nSPS) is 16.6. The number of hydrogen-bond acceptors (Lipinski definition) is 2. The lowest BCUT2D eigenvalue weighted by Gasteiger charge is -2.18. The number of nitrogens with zero attached hydrogens (tertiary/aromatic N) is 1. The summed E-state index contributed by atoms with van der Waals surface area (Å²) in [5, 5.41) is 0.203. The van der Waals surface area contributed by atoms with E-state index in [9.17, 15) is 9.59 Å². The van der Waals surface area contributed by atoms with Gasteiger partial charge in [-0.15, -0.1) is 0 Å². The van der Waals surface area contributed by atoms with Crippen molar-refractivity contribution < 1.29 is 0 Å². The van der Waals surface area contributed by atoms with E-state index in [0.29, 0.717) is 17.9 Å². The van der Waals surface area contributed by atoms with Crippen LogP contribution >= 0.6 is 11.6 Å². The molecule has 19 heavy (non-hydrogen) atoms. The van der Waals surface area contributed by atoms with Crippen LogP contribution in [-0.2, 0) is 6.42 Å². The summed E-state index contributed by atoms with van der Waals surface area (Å²) >= 11 is 5.98. The first kappa shape index (κ1) is 14.4. The highest BCUT2D eigenvalue weighted by Gasteiger charge is 2.27. The van der Waals surface area contributed by atoms with E-state index in [-0.39, 0.29) is 22.4 Å². The monoisotopic (exact) mass is 284 g/mol. The summed E-state index contributed by atoms with van der Waals surface area (Å²) in [6.07, 6.45) is 5.60. The third kappa shape index (κ3) is 3.11. The minimum atomic E-state index is -0.373. The van der Waals surface area contributed by atoms with Gasteiger partial charge in [-0.05, 0) is 25.2 Å². The van der Waals surface area contributed by atoms with Crippen molar-refractivity contribution in [3.63, 3.8) is 0 Å². The van der Waals surface area contributed by atoms with Gasteiger partial charge in [0.1, 0.15) is 5.15 Å². The summed E-state index contributed by atoms with van der Waals surface area (Å²) in [5.41, 5.74) is -0.0385. The van der Waals surface area contributed by atoms with Crippen molar-refractivity contribution >= 4 is 11.6 Å². The molecule has 0 saturated heterocycles. The number of aromatic nitrogens is 2. The van der Waals surface area contributed by atoms with Crippen molar-refractivity contribution in [3.8, 4) is 0 Å². The van der Waals surface area contributed by atoms with Crippen molar-refractivity contribution in [2.24, 2.45) is 5.92 Å². The van der Waals surface area contributed by atoms with Crippen LogP contribution in [0, 0.1) is 5.92 Å². The van der Waals surface area contributed by atoms with Crippen LogP contribution < -0.4 is 11.2 Å². The minimum absolute atomic E-state index is 0.00313. The van der Waals surface area contributed by atoms with Crippen LogP contribution in [0.15, 0.2) is 9.59 Å². The van der Waals surface area contributed by atoms with Gasteiger partial charge in [0.15, 0.2) is 0 Å². The van der Waals surface area contributed by atoms with Crippen molar-refractivity contribution in [1.82, 2.24) is 9.55 Å². The molecule has 0 radical (unpaired) electrons. The van der Waals surface area contributed by atoms with Crippen LogP contribution in [-0.4, -0.2) is 9.55 Å². The van der Waals surface area contributed by atoms with Gasteiger partial charge >= 0.3 is 5.69 Å². The second-order valence-electron chi connectivity index (χ2n) is 5.39.